The van der Waals surface area contributed by atoms with Crippen LogP contribution in [0.4, 0.5) is 4.39 Å². The lowest BCUT2D eigenvalue weighted by atomic mass is 10.0. The van der Waals surface area contributed by atoms with Crippen LogP contribution in [0.15, 0.2) is 18.2 Å². The first-order valence-electron chi connectivity index (χ1n) is 6.45. The highest BCUT2D eigenvalue weighted by Gasteiger charge is 2.21. The summed E-state index contributed by atoms with van der Waals surface area (Å²) in [7, 11) is 1.48. The van der Waals surface area contributed by atoms with Gasteiger partial charge in [-0.25, -0.2) is 4.39 Å². The quantitative estimate of drug-likeness (QED) is 0.838. The Morgan fingerprint density at radius 2 is 2.16 bits per heavy atom. The van der Waals surface area contributed by atoms with Gasteiger partial charge in [-0.1, -0.05) is 0 Å². The molecule has 1 saturated heterocycles. The second kappa shape index (κ2) is 6.12. The number of nitrogens with two attached hydrogens (primary N) is 1. The Morgan fingerprint density at radius 3 is 2.79 bits per heavy atom. The van der Waals surface area contributed by atoms with Gasteiger partial charge in [-0.3, -0.25) is 9.69 Å². The van der Waals surface area contributed by atoms with Crippen LogP contribution >= 0.6 is 0 Å². The van der Waals surface area contributed by atoms with E-state index in [1.807, 2.05) is 0 Å². The number of rotatable bonds is 4. The molecule has 1 heterocycles. The Kier molecular flexibility index (Phi) is 4.50. The fourth-order valence-electron chi connectivity index (χ4n) is 2.30. The van der Waals surface area contributed by atoms with E-state index in [1.165, 1.54) is 25.3 Å². The van der Waals surface area contributed by atoms with Gasteiger partial charge in [0, 0.05) is 19.1 Å². The summed E-state index contributed by atoms with van der Waals surface area (Å²) >= 11 is 0. The average molecular weight is 266 g/mol. The normalized spacial score (nSPS) is 17.4. The summed E-state index contributed by atoms with van der Waals surface area (Å²) in [6.07, 6.45) is 1.79. The molecule has 1 aromatic carbocycles. The summed E-state index contributed by atoms with van der Waals surface area (Å²) in [6, 6.07) is 4.23. The Balaban J connectivity index is 2.05. The summed E-state index contributed by atoms with van der Waals surface area (Å²) in [6.45, 7) is 1.90. The second-order valence-electron chi connectivity index (χ2n) is 4.88. The number of likely N-dealkylation sites (tertiary alicyclic amines) is 1. The van der Waals surface area contributed by atoms with Gasteiger partial charge in [0.1, 0.15) is 11.6 Å². The maximum Gasteiger partial charge on any atom is 0.180 e. The Hall–Kier alpha value is -1.46. The minimum atomic E-state index is -0.426. The highest BCUT2D eigenvalue weighted by atomic mass is 19.1. The number of Topliss-reactive ketones (excluding diaryl/α,β-unsaturated/α-hetero) is 1. The topological polar surface area (TPSA) is 55.6 Å². The van der Waals surface area contributed by atoms with Gasteiger partial charge in [0.25, 0.3) is 0 Å². The molecule has 0 atom stereocenters. The van der Waals surface area contributed by atoms with Gasteiger partial charge in [0.05, 0.1) is 19.2 Å². The van der Waals surface area contributed by atoms with E-state index in [-0.39, 0.29) is 18.4 Å². The number of hydrogen-bond donors (Lipinski definition) is 1. The smallest absolute Gasteiger partial charge is 0.180 e. The Morgan fingerprint density at radius 1 is 1.47 bits per heavy atom. The summed E-state index contributed by atoms with van der Waals surface area (Å²) in [5.74, 6) is -0.128. The SMILES string of the molecule is COc1ccc(F)cc1C(=O)CN1CCC(N)CC1. The summed E-state index contributed by atoms with van der Waals surface area (Å²) < 4.78 is 18.3. The highest BCUT2D eigenvalue weighted by molar-refractivity contribution is 6.00. The minimum Gasteiger partial charge on any atom is -0.496 e. The second-order valence-corrected chi connectivity index (χ2v) is 4.88. The first kappa shape index (κ1) is 14.0. The maximum absolute atomic E-state index is 13.2. The molecule has 0 unspecified atom stereocenters. The molecule has 1 aliphatic heterocycles. The van der Waals surface area contributed by atoms with Crippen LogP contribution in [0.1, 0.15) is 23.2 Å². The molecule has 1 aliphatic rings. The van der Waals surface area contributed by atoms with Gasteiger partial charge < -0.3 is 10.5 Å². The zero-order valence-electron chi connectivity index (χ0n) is 11.1. The number of methoxy groups -OCH3 is 1. The molecule has 0 aliphatic carbocycles. The fourth-order valence-corrected chi connectivity index (χ4v) is 2.30. The number of ketones is 1. The van der Waals surface area contributed by atoms with Gasteiger partial charge in [-0.05, 0) is 31.0 Å². The zero-order valence-corrected chi connectivity index (χ0v) is 11.1. The van der Waals surface area contributed by atoms with Crippen LogP contribution in [0, 0.1) is 5.82 Å². The number of carbonyl (C=O) groups is 1. The van der Waals surface area contributed by atoms with Crippen LogP contribution < -0.4 is 10.5 Å². The molecule has 5 heteroatoms. The third-order valence-corrected chi connectivity index (χ3v) is 3.46. The molecule has 1 aromatic rings. The van der Waals surface area contributed by atoms with Gasteiger partial charge in [-0.15, -0.1) is 0 Å². The standard InChI is InChI=1S/C14H19FN2O2/c1-19-14-3-2-10(15)8-12(14)13(18)9-17-6-4-11(16)5-7-17/h2-3,8,11H,4-7,9,16H2,1H3. The number of carbonyl (C=O) groups excluding carboxylic acids is 1. The van der Waals surface area contributed by atoms with E-state index in [9.17, 15) is 9.18 Å². The molecule has 19 heavy (non-hydrogen) atoms. The fraction of sp³-hybridized carbons (Fsp3) is 0.500. The Labute approximate surface area is 112 Å². The monoisotopic (exact) mass is 266 g/mol. The van der Waals surface area contributed by atoms with E-state index in [0.29, 0.717) is 11.3 Å². The number of nitrogens with zero attached hydrogens (tertiary/aromatic N) is 1. The Bertz CT molecular complexity index is 457. The largest absolute Gasteiger partial charge is 0.496 e. The third-order valence-electron chi connectivity index (χ3n) is 3.46. The lowest BCUT2D eigenvalue weighted by Crippen LogP contribution is -2.42. The molecule has 0 aromatic heterocycles. The molecule has 104 valence electrons. The molecule has 0 saturated carbocycles. The van der Waals surface area contributed by atoms with Crippen molar-refractivity contribution in [2.24, 2.45) is 5.73 Å². The predicted molar refractivity (Wildman–Crippen MR) is 70.9 cm³/mol. The first-order valence-corrected chi connectivity index (χ1v) is 6.45. The zero-order chi connectivity index (χ0) is 13.8. The first-order chi connectivity index (χ1) is 9.10. The average Bonchev–Trinajstić information content (AvgIpc) is 2.41. The number of ether oxygens (including phenoxy) is 1. The van der Waals surface area contributed by atoms with Crippen molar-refractivity contribution < 1.29 is 13.9 Å². The van der Waals surface area contributed by atoms with Crippen molar-refractivity contribution in [3.63, 3.8) is 0 Å². The minimum absolute atomic E-state index is 0.119. The van der Waals surface area contributed by atoms with Gasteiger partial charge >= 0.3 is 0 Å². The third kappa shape index (κ3) is 3.52. The summed E-state index contributed by atoms with van der Waals surface area (Å²) in [5, 5.41) is 0. The van der Waals surface area contributed by atoms with Crippen molar-refractivity contribution in [1.82, 2.24) is 4.90 Å². The molecule has 4 nitrogen and oxygen atoms in total. The lowest BCUT2D eigenvalue weighted by Gasteiger charge is -2.29. The maximum atomic E-state index is 13.2. The molecule has 0 bridgehead atoms. The van der Waals surface area contributed by atoms with Gasteiger partial charge in [0.2, 0.25) is 0 Å². The van der Waals surface area contributed by atoms with Crippen LogP contribution in [0.3, 0.4) is 0 Å². The molecular weight excluding hydrogens is 247 g/mol. The van der Waals surface area contributed by atoms with E-state index in [4.69, 9.17) is 10.5 Å². The van der Waals surface area contributed by atoms with E-state index in [0.717, 1.165) is 25.9 Å². The van der Waals surface area contributed by atoms with Crippen LogP contribution in [0.5, 0.6) is 5.75 Å². The summed E-state index contributed by atoms with van der Waals surface area (Å²) in [5.41, 5.74) is 6.13. The molecule has 0 amide bonds. The van der Waals surface area contributed by atoms with Gasteiger partial charge in [0.15, 0.2) is 5.78 Å². The molecule has 2 rings (SSSR count). The number of piperidine rings is 1. The van der Waals surface area contributed by atoms with Crippen molar-refractivity contribution in [2.45, 2.75) is 18.9 Å². The molecule has 0 spiro atoms. The number of halogens is 1. The summed E-state index contributed by atoms with van der Waals surface area (Å²) in [4.78, 5) is 14.3. The van der Waals surface area contributed by atoms with Crippen LogP contribution in [-0.4, -0.2) is 43.5 Å². The van der Waals surface area contributed by atoms with Crippen LogP contribution in [-0.2, 0) is 0 Å². The van der Waals surface area contributed by atoms with Crippen molar-refractivity contribution in [3.8, 4) is 5.75 Å². The molecule has 1 fully saturated rings. The molecular formula is C14H19FN2O2. The number of hydrogen-bond acceptors (Lipinski definition) is 4. The molecule has 0 radical (unpaired) electrons. The van der Waals surface area contributed by atoms with E-state index < -0.39 is 5.82 Å². The molecule has 2 N–H and O–H groups in total. The van der Waals surface area contributed by atoms with Crippen molar-refractivity contribution in [1.29, 1.82) is 0 Å². The van der Waals surface area contributed by atoms with Gasteiger partial charge in [-0.2, -0.15) is 0 Å². The van der Waals surface area contributed by atoms with Crippen molar-refractivity contribution in [3.05, 3.63) is 29.6 Å². The highest BCUT2D eigenvalue weighted by Crippen LogP contribution is 2.20. The number of benzene rings is 1. The van der Waals surface area contributed by atoms with Crippen molar-refractivity contribution in [2.75, 3.05) is 26.7 Å². The predicted octanol–water partition coefficient (Wildman–Crippen LogP) is 1.44. The van der Waals surface area contributed by atoms with Crippen LogP contribution in [0.25, 0.3) is 0 Å². The van der Waals surface area contributed by atoms with Crippen molar-refractivity contribution >= 4 is 5.78 Å². The van der Waals surface area contributed by atoms with E-state index in [2.05, 4.69) is 4.90 Å². The lowest BCUT2D eigenvalue weighted by molar-refractivity contribution is 0.0906. The van der Waals surface area contributed by atoms with E-state index >= 15 is 0 Å². The van der Waals surface area contributed by atoms with E-state index in [1.54, 1.807) is 0 Å². The van der Waals surface area contributed by atoms with Crippen LogP contribution in [0.2, 0.25) is 0 Å².